The summed E-state index contributed by atoms with van der Waals surface area (Å²) in [5.41, 5.74) is 0.686. The molecular formula is C14H13Br2NO3. The van der Waals surface area contributed by atoms with Crippen LogP contribution in [0.25, 0.3) is 10.9 Å². The molecule has 0 aliphatic carbocycles. The summed E-state index contributed by atoms with van der Waals surface area (Å²) in [5, 5.41) is 0.919. The SMILES string of the molecule is CC(C)OC(=O)COc1c(Br)cc(Br)c2cccnc12. The van der Waals surface area contributed by atoms with E-state index in [1.54, 1.807) is 20.0 Å². The summed E-state index contributed by atoms with van der Waals surface area (Å²) in [6.07, 6.45) is 1.52. The van der Waals surface area contributed by atoms with Crippen LogP contribution in [0.4, 0.5) is 0 Å². The Morgan fingerprint density at radius 3 is 2.80 bits per heavy atom. The molecule has 0 saturated heterocycles. The Kier molecular flexibility index (Phi) is 4.99. The molecule has 0 fully saturated rings. The first-order valence-electron chi connectivity index (χ1n) is 6.04. The smallest absolute Gasteiger partial charge is 0.344 e. The van der Waals surface area contributed by atoms with Crippen molar-refractivity contribution >= 4 is 48.7 Å². The van der Waals surface area contributed by atoms with Crippen LogP contribution < -0.4 is 4.74 Å². The van der Waals surface area contributed by atoms with Crippen LogP contribution >= 0.6 is 31.9 Å². The highest BCUT2D eigenvalue weighted by molar-refractivity contribution is 9.11. The molecule has 0 saturated carbocycles. The third-order valence-corrected chi connectivity index (χ3v) is 3.70. The van der Waals surface area contributed by atoms with E-state index in [9.17, 15) is 4.79 Å². The number of fused-ring (bicyclic) bond motifs is 1. The van der Waals surface area contributed by atoms with Crippen LogP contribution in [0.15, 0.2) is 33.3 Å². The van der Waals surface area contributed by atoms with Crippen molar-refractivity contribution in [2.75, 3.05) is 6.61 Å². The molecular weight excluding hydrogens is 390 g/mol. The van der Waals surface area contributed by atoms with Crippen LogP contribution in [0, 0.1) is 0 Å². The second-order valence-corrected chi connectivity index (χ2v) is 6.10. The van der Waals surface area contributed by atoms with Gasteiger partial charge in [-0.05, 0) is 41.9 Å². The first kappa shape index (κ1) is 15.3. The van der Waals surface area contributed by atoms with Gasteiger partial charge in [0.15, 0.2) is 12.4 Å². The van der Waals surface area contributed by atoms with Gasteiger partial charge >= 0.3 is 5.97 Å². The van der Waals surface area contributed by atoms with Crippen LogP contribution in [0.3, 0.4) is 0 Å². The summed E-state index contributed by atoms with van der Waals surface area (Å²) < 4.78 is 12.2. The third-order valence-electron chi connectivity index (χ3n) is 2.45. The number of hydrogen-bond donors (Lipinski definition) is 0. The molecule has 1 aromatic heterocycles. The van der Waals surface area contributed by atoms with Gasteiger partial charge in [0.25, 0.3) is 0 Å². The number of hydrogen-bond acceptors (Lipinski definition) is 4. The normalized spacial score (nSPS) is 10.8. The molecule has 0 radical (unpaired) electrons. The van der Waals surface area contributed by atoms with E-state index in [-0.39, 0.29) is 12.7 Å². The largest absolute Gasteiger partial charge is 0.478 e. The molecule has 2 aromatic rings. The molecule has 0 amide bonds. The fourth-order valence-corrected chi connectivity index (χ4v) is 3.10. The zero-order valence-corrected chi connectivity index (χ0v) is 14.2. The third kappa shape index (κ3) is 3.49. The lowest BCUT2D eigenvalue weighted by molar-refractivity contribution is -0.149. The summed E-state index contributed by atoms with van der Waals surface area (Å²) in [7, 11) is 0. The molecule has 1 heterocycles. The van der Waals surface area contributed by atoms with Gasteiger partial charge in [-0.1, -0.05) is 22.0 Å². The van der Waals surface area contributed by atoms with Crippen molar-refractivity contribution in [2.45, 2.75) is 20.0 Å². The number of aromatic nitrogens is 1. The Hall–Kier alpha value is -1.14. The van der Waals surface area contributed by atoms with Crippen molar-refractivity contribution in [3.8, 4) is 5.75 Å². The lowest BCUT2D eigenvalue weighted by Crippen LogP contribution is -2.19. The van der Waals surface area contributed by atoms with E-state index >= 15 is 0 Å². The van der Waals surface area contributed by atoms with Gasteiger partial charge in [0.05, 0.1) is 10.6 Å². The maximum atomic E-state index is 11.5. The molecule has 2 rings (SSSR count). The minimum atomic E-state index is -0.404. The van der Waals surface area contributed by atoms with Crippen molar-refractivity contribution in [3.05, 3.63) is 33.3 Å². The maximum Gasteiger partial charge on any atom is 0.344 e. The van der Waals surface area contributed by atoms with Gasteiger partial charge in [-0.25, -0.2) is 4.79 Å². The van der Waals surface area contributed by atoms with Crippen LogP contribution in [0.5, 0.6) is 5.75 Å². The van der Waals surface area contributed by atoms with Crippen molar-refractivity contribution in [1.82, 2.24) is 4.98 Å². The van der Waals surface area contributed by atoms with E-state index in [1.165, 1.54) is 0 Å². The molecule has 20 heavy (non-hydrogen) atoms. The van der Waals surface area contributed by atoms with E-state index in [1.807, 2.05) is 18.2 Å². The Labute approximate surface area is 133 Å². The van der Waals surface area contributed by atoms with E-state index in [0.717, 1.165) is 14.3 Å². The van der Waals surface area contributed by atoms with E-state index in [0.29, 0.717) is 11.3 Å². The second kappa shape index (κ2) is 6.54. The minimum Gasteiger partial charge on any atom is -0.478 e. The minimum absolute atomic E-state index is 0.149. The predicted octanol–water partition coefficient (Wildman–Crippen LogP) is 4.09. The quantitative estimate of drug-likeness (QED) is 0.722. The molecule has 0 aliphatic heterocycles. The van der Waals surface area contributed by atoms with Gasteiger partial charge in [0, 0.05) is 16.1 Å². The Morgan fingerprint density at radius 2 is 2.10 bits per heavy atom. The summed E-state index contributed by atoms with van der Waals surface area (Å²) in [6.45, 7) is 3.44. The van der Waals surface area contributed by atoms with E-state index < -0.39 is 5.97 Å². The lowest BCUT2D eigenvalue weighted by atomic mass is 10.2. The monoisotopic (exact) mass is 401 g/mol. The van der Waals surface area contributed by atoms with Gasteiger partial charge in [-0.3, -0.25) is 4.98 Å². The number of carbonyl (C=O) groups excluding carboxylic acids is 1. The molecule has 0 atom stereocenters. The molecule has 0 N–H and O–H groups in total. The average Bonchev–Trinajstić information content (AvgIpc) is 2.37. The number of rotatable bonds is 4. The average molecular weight is 403 g/mol. The van der Waals surface area contributed by atoms with Gasteiger partial charge < -0.3 is 9.47 Å². The number of halogens is 2. The predicted molar refractivity (Wildman–Crippen MR) is 83.9 cm³/mol. The molecule has 6 heteroatoms. The van der Waals surface area contributed by atoms with E-state index in [4.69, 9.17) is 9.47 Å². The molecule has 0 spiro atoms. The molecule has 106 valence electrons. The molecule has 0 bridgehead atoms. The topological polar surface area (TPSA) is 48.4 Å². The lowest BCUT2D eigenvalue weighted by Gasteiger charge is -2.12. The first-order valence-corrected chi connectivity index (χ1v) is 7.62. The molecule has 4 nitrogen and oxygen atoms in total. The van der Waals surface area contributed by atoms with Gasteiger partial charge in [-0.15, -0.1) is 0 Å². The maximum absolute atomic E-state index is 11.5. The fraction of sp³-hybridized carbons (Fsp3) is 0.286. The standard InChI is InChI=1S/C14H13Br2NO3/c1-8(2)20-12(18)7-19-14-11(16)6-10(15)9-4-3-5-17-13(9)14/h3-6,8H,7H2,1-2H3. The summed E-state index contributed by atoms with van der Waals surface area (Å²) in [4.78, 5) is 15.9. The molecule has 0 aliphatic rings. The van der Waals surface area contributed by atoms with E-state index in [2.05, 4.69) is 36.8 Å². The Morgan fingerprint density at radius 1 is 1.35 bits per heavy atom. The van der Waals surface area contributed by atoms with Crippen molar-refractivity contribution in [2.24, 2.45) is 0 Å². The number of nitrogens with zero attached hydrogens (tertiary/aromatic N) is 1. The molecule has 1 aromatic carbocycles. The van der Waals surface area contributed by atoms with Crippen molar-refractivity contribution < 1.29 is 14.3 Å². The number of ether oxygens (including phenoxy) is 2. The van der Waals surface area contributed by atoms with Crippen LogP contribution in [-0.4, -0.2) is 23.7 Å². The van der Waals surface area contributed by atoms with Crippen LogP contribution in [0.2, 0.25) is 0 Å². The molecule has 0 unspecified atom stereocenters. The highest BCUT2D eigenvalue weighted by Gasteiger charge is 2.14. The number of pyridine rings is 1. The number of esters is 1. The van der Waals surface area contributed by atoms with Gasteiger partial charge in [-0.2, -0.15) is 0 Å². The highest BCUT2D eigenvalue weighted by Crippen LogP contribution is 2.37. The first-order chi connectivity index (χ1) is 9.49. The second-order valence-electron chi connectivity index (χ2n) is 4.40. The zero-order chi connectivity index (χ0) is 14.7. The number of carbonyl (C=O) groups is 1. The summed E-state index contributed by atoms with van der Waals surface area (Å²) in [6, 6.07) is 5.64. The van der Waals surface area contributed by atoms with Gasteiger partial charge in [0.1, 0.15) is 5.52 Å². The van der Waals surface area contributed by atoms with Crippen molar-refractivity contribution in [3.63, 3.8) is 0 Å². The van der Waals surface area contributed by atoms with Crippen LogP contribution in [-0.2, 0) is 9.53 Å². The zero-order valence-electron chi connectivity index (χ0n) is 11.0. The summed E-state index contributed by atoms with van der Waals surface area (Å²) >= 11 is 6.90. The highest BCUT2D eigenvalue weighted by atomic mass is 79.9. The fourth-order valence-electron chi connectivity index (χ4n) is 1.71. The Balaban J connectivity index is 2.28. The Bertz CT molecular complexity index is 644. The van der Waals surface area contributed by atoms with Crippen molar-refractivity contribution in [1.29, 1.82) is 0 Å². The van der Waals surface area contributed by atoms with Crippen LogP contribution in [0.1, 0.15) is 13.8 Å². The van der Waals surface area contributed by atoms with Gasteiger partial charge in [0.2, 0.25) is 0 Å². The number of benzene rings is 1. The summed E-state index contributed by atoms with van der Waals surface area (Å²) in [5.74, 6) is 0.128.